The normalized spacial score (nSPS) is 15.0. The van der Waals surface area contributed by atoms with Gasteiger partial charge in [-0.15, -0.1) is 12.4 Å². The second kappa shape index (κ2) is 8.50. The van der Waals surface area contributed by atoms with Gasteiger partial charge in [-0.1, -0.05) is 25.5 Å². The predicted octanol–water partition coefficient (Wildman–Crippen LogP) is 1.23. The zero-order chi connectivity index (χ0) is 16.1. The standard InChI is InChI=1S/C15H20N4O3.ClH/c1-2-4-12(16)14(21)18-11-6-3-5-10(7-11)9-19-13(20)8-17-15(19)22;/h3,5-7,12H,2,4,8-9,16H2,1H3,(H,17,22)(H,18,21);1H. The fourth-order valence-corrected chi connectivity index (χ4v) is 2.22. The second-order valence-corrected chi connectivity index (χ2v) is 5.22. The zero-order valence-electron chi connectivity index (χ0n) is 12.9. The van der Waals surface area contributed by atoms with Crippen LogP contribution in [0.2, 0.25) is 0 Å². The van der Waals surface area contributed by atoms with Crippen molar-refractivity contribution in [2.24, 2.45) is 5.73 Å². The Bertz CT molecular complexity index is 578. The lowest BCUT2D eigenvalue weighted by molar-refractivity contribution is -0.125. The fraction of sp³-hybridized carbons (Fsp3) is 0.400. The van der Waals surface area contributed by atoms with Gasteiger partial charge in [0.1, 0.15) is 0 Å². The summed E-state index contributed by atoms with van der Waals surface area (Å²) in [5, 5.41) is 5.21. The first-order chi connectivity index (χ1) is 10.5. The minimum atomic E-state index is -0.542. The summed E-state index contributed by atoms with van der Waals surface area (Å²) in [6.45, 7) is 2.17. The van der Waals surface area contributed by atoms with Gasteiger partial charge in [-0.25, -0.2) is 4.79 Å². The number of urea groups is 1. The largest absolute Gasteiger partial charge is 0.329 e. The number of nitrogens with two attached hydrogens (primary N) is 1. The third kappa shape index (κ3) is 4.94. The molecule has 0 saturated carbocycles. The van der Waals surface area contributed by atoms with Crippen LogP contribution in [0, 0.1) is 0 Å². The average Bonchev–Trinajstić information content (AvgIpc) is 2.80. The van der Waals surface area contributed by atoms with Crippen molar-refractivity contribution in [3.63, 3.8) is 0 Å². The Kier molecular flexibility index (Phi) is 6.99. The molecule has 1 aromatic carbocycles. The van der Waals surface area contributed by atoms with Crippen LogP contribution in [-0.2, 0) is 16.1 Å². The Morgan fingerprint density at radius 2 is 2.17 bits per heavy atom. The molecule has 1 heterocycles. The number of imide groups is 1. The maximum Gasteiger partial charge on any atom is 0.324 e. The van der Waals surface area contributed by atoms with Crippen molar-refractivity contribution in [1.29, 1.82) is 0 Å². The Labute approximate surface area is 141 Å². The lowest BCUT2D eigenvalue weighted by Crippen LogP contribution is -2.35. The Hall–Kier alpha value is -2.12. The number of hydrogen-bond donors (Lipinski definition) is 3. The van der Waals surface area contributed by atoms with Crippen molar-refractivity contribution in [3.05, 3.63) is 29.8 Å². The van der Waals surface area contributed by atoms with E-state index >= 15 is 0 Å². The van der Waals surface area contributed by atoms with Crippen molar-refractivity contribution < 1.29 is 14.4 Å². The maximum absolute atomic E-state index is 11.9. The Balaban J connectivity index is 0.00000264. The molecule has 23 heavy (non-hydrogen) atoms. The highest BCUT2D eigenvalue weighted by atomic mass is 35.5. The molecule has 7 nitrogen and oxygen atoms in total. The predicted molar refractivity (Wildman–Crippen MR) is 89.2 cm³/mol. The van der Waals surface area contributed by atoms with E-state index in [1.807, 2.05) is 6.92 Å². The second-order valence-electron chi connectivity index (χ2n) is 5.22. The minimum Gasteiger partial charge on any atom is -0.329 e. The molecule has 0 bridgehead atoms. The number of carbonyl (C=O) groups is 3. The van der Waals surface area contributed by atoms with Crippen molar-refractivity contribution >= 4 is 35.9 Å². The quantitative estimate of drug-likeness (QED) is 0.677. The summed E-state index contributed by atoms with van der Waals surface area (Å²) in [5.74, 6) is -0.501. The van der Waals surface area contributed by atoms with Crippen molar-refractivity contribution in [1.82, 2.24) is 10.2 Å². The first kappa shape index (κ1) is 18.9. The Morgan fingerprint density at radius 1 is 1.43 bits per heavy atom. The van der Waals surface area contributed by atoms with Gasteiger partial charge < -0.3 is 16.4 Å². The summed E-state index contributed by atoms with van der Waals surface area (Å²) in [5.41, 5.74) is 7.12. The van der Waals surface area contributed by atoms with Gasteiger partial charge in [-0.2, -0.15) is 0 Å². The smallest absolute Gasteiger partial charge is 0.324 e. The lowest BCUT2D eigenvalue weighted by Gasteiger charge is -2.14. The highest BCUT2D eigenvalue weighted by Crippen LogP contribution is 2.14. The first-order valence-electron chi connectivity index (χ1n) is 7.25. The van der Waals surface area contributed by atoms with Crippen LogP contribution < -0.4 is 16.4 Å². The molecule has 4 N–H and O–H groups in total. The van der Waals surface area contributed by atoms with Gasteiger partial charge in [-0.3, -0.25) is 14.5 Å². The van der Waals surface area contributed by atoms with Gasteiger partial charge in [0, 0.05) is 5.69 Å². The van der Waals surface area contributed by atoms with E-state index in [0.29, 0.717) is 12.1 Å². The molecule has 1 unspecified atom stereocenters. The third-order valence-electron chi connectivity index (χ3n) is 3.41. The summed E-state index contributed by atoms with van der Waals surface area (Å²) in [6, 6.07) is 6.08. The molecule has 0 spiro atoms. The number of amides is 4. The van der Waals surface area contributed by atoms with Crippen molar-refractivity contribution in [2.75, 3.05) is 11.9 Å². The van der Waals surface area contributed by atoms with Gasteiger partial charge in [0.2, 0.25) is 11.8 Å². The molecule has 0 aromatic heterocycles. The summed E-state index contributed by atoms with van der Waals surface area (Å²) >= 11 is 0. The summed E-state index contributed by atoms with van der Waals surface area (Å²) < 4.78 is 0. The molecule has 2 rings (SSSR count). The first-order valence-corrected chi connectivity index (χ1v) is 7.25. The molecule has 1 atom stereocenters. The highest BCUT2D eigenvalue weighted by molar-refractivity contribution is 6.01. The molecule has 8 heteroatoms. The van der Waals surface area contributed by atoms with Gasteiger partial charge in [0.15, 0.2) is 0 Å². The van der Waals surface area contributed by atoms with Gasteiger partial charge in [-0.05, 0) is 24.1 Å². The van der Waals surface area contributed by atoms with Crippen LogP contribution >= 0.6 is 12.4 Å². The molecule has 1 saturated heterocycles. The van der Waals surface area contributed by atoms with Crippen molar-refractivity contribution in [3.8, 4) is 0 Å². The van der Waals surface area contributed by atoms with Crippen molar-refractivity contribution in [2.45, 2.75) is 32.4 Å². The topological polar surface area (TPSA) is 105 Å². The SMILES string of the molecule is CCCC(N)C(=O)Nc1cccc(CN2C(=O)CNC2=O)c1.Cl. The summed E-state index contributed by atoms with van der Waals surface area (Å²) in [6.07, 6.45) is 1.45. The number of nitrogens with one attached hydrogen (secondary N) is 2. The monoisotopic (exact) mass is 340 g/mol. The highest BCUT2D eigenvalue weighted by Gasteiger charge is 2.28. The molecule has 126 valence electrons. The van der Waals surface area contributed by atoms with E-state index in [0.717, 1.165) is 16.9 Å². The Morgan fingerprint density at radius 3 is 2.78 bits per heavy atom. The molecule has 0 aliphatic carbocycles. The summed E-state index contributed by atoms with van der Waals surface area (Å²) in [4.78, 5) is 36.1. The molecule has 1 aliphatic rings. The number of nitrogens with zero attached hydrogens (tertiary/aromatic N) is 1. The van der Waals surface area contributed by atoms with Crippen LogP contribution in [0.4, 0.5) is 10.5 Å². The number of anilines is 1. The molecule has 1 fully saturated rings. The molecule has 0 radical (unpaired) electrons. The number of rotatable bonds is 6. The van der Waals surface area contributed by atoms with Gasteiger partial charge in [0.05, 0.1) is 19.1 Å². The fourth-order valence-electron chi connectivity index (χ4n) is 2.22. The van der Waals surface area contributed by atoms with Crippen LogP contribution in [0.3, 0.4) is 0 Å². The maximum atomic E-state index is 11.9. The van der Waals surface area contributed by atoms with Crippen LogP contribution in [0.1, 0.15) is 25.3 Å². The lowest BCUT2D eigenvalue weighted by atomic mass is 10.1. The number of halogens is 1. The van der Waals surface area contributed by atoms with E-state index in [1.165, 1.54) is 0 Å². The van der Waals surface area contributed by atoms with Crippen LogP contribution in [-0.4, -0.2) is 35.3 Å². The molecular formula is C15H21ClN4O3. The third-order valence-corrected chi connectivity index (χ3v) is 3.41. The summed E-state index contributed by atoms with van der Waals surface area (Å²) in [7, 11) is 0. The van der Waals surface area contributed by atoms with Crippen LogP contribution in [0.5, 0.6) is 0 Å². The number of hydrogen-bond acceptors (Lipinski definition) is 4. The van der Waals surface area contributed by atoms with E-state index in [-0.39, 0.29) is 37.3 Å². The molecule has 1 aromatic rings. The van der Waals surface area contributed by atoms with E-state index in [4.69, 9.17) is 5.73 Å². The number of carbonyl (C=O) groups excluding carboxylic acids is 3. The molecule has 4 amide bonds. The van der Waals surface area contributed by atoms with Gasteiger partial charge >= 0.3 is 6.03 Å². The average molecular weight is 341 g/mol. The van der Waals surface area contributed by atoms with E-state index in [9.17, 15) is 14.4 Å². The molecular weight excluding hydrogens is 320 g/mol. The van der Waals surface area contributed by atoms with E-state index in [1.54, 1.807) is 24.3 Å². The van der Waals surface area contributed by atoms with Gasteiger partial charge in [0.25, 0.3) is 0 Å². The van der Waals surface area contributed by atoms with E-state index < -0.39 is 12.1 Å². The minimum absolute atomic E-state index is 0. The van der Waals surface area contributed by atoms with Crippen LogP contribution in [0.25, 0.3) is 0 Å². The van der Waals surface area contributed by atoms with E-state index in [2.05, 4.69) is 10.6 Å². The zero-order valence-corrected chi connectivity index (χ0v) is 13.7. The molecule has 1 aliphatic heterocycles. The number of benzene rings is 1. The van der Waals surface area contributed by atoms with Crippen LogP contribution in [0.15, 0.2) is 24.3 Å².